The van der Waals surface area contributed by atoms with Crippen LogP contribution < -0.4 is 0 Å². The van der Waals surface area contributed by atoms with Gasteiger partial charge < -0.3 is 0 Å². The monoisotopic (exact) mass is 444 g/mol. The number of fused-ring (bicyclic) bond motifs is 2. The summed E-state index contributed by atoms with van der Waals surface area (Å²) in [6, 6.07) is 0. The Morgan fingerprint density at radius 3 is 1.42 bits per heavy atom. The average molecular weight is 448 g/mol. The molecule has 0 heterocycles. The molecule has 0 radical (unpaired) electrons. The van der Waals surface area contributed by atoms with Gasteiger partial charge in [0.2, 0.25) is 0 Å². The van der Waals surface area contributed by atoms with Gasteiger partial charge in [0.1, 0.15) is 9.67 Å². The van der Waals surface area contributed by atoms with Gasteiger partial charge in [-0.2, -0.15) is 0 Å². The quantitative estimate of drug-likeness (QED) is 0.474. The average Bonchev–Trinajstić information content (AvgIpc) is 2.66. The van der Waals surface area contributed by atoms with Crippen LogP contribution in [0, 0.1) is 16.7 Å². The Morgan fingerprint density at radius 1 is 0.789 bits per heavy atom. The van der Waals surface area contributed by atoms with Crippen LogP contribution in [0.4, 0.5) is 0 Å². The molecule has 0 aromatic rings. The third kappa shape index (κ3) is 1.94. The molecule has 7 atom stereocenters. The van der Waals surface area contributed by atoms with Crippen LogP contribution in [0.2, 0.25) is 0 Å². The molecule has 0 aromatic carbocycles. The highest BCUT2D eigenvalue weighted by Gasteiger charge is 2.82. The maximum atomic E-state index is 6.46. The van der Waals surface area contributed by atoms with E-state index in [1.54, 1.807) is 0 Å². The van der Waals surface area contributed by atoms with Gasteiger partial charge in [-0.05, 0) is 0 Å². The molecule has 0 aliphatic heterocycles. The Balaban J connectivity index is 2.72. The Morgan fingerprint density at radius 2 is 1.21 bits per heavy atom. The number of hydrogen-bond donors (Lipinski definition) is 0. The van der Waals surface area contributed by atoms with Gasteiger partial charge in [0.25, 0.3) is 0 Å². The third-order valence-electron chi connectivity index (χ3n) is 4.53. The second-order valence-corrected chi connectivity index (χ2v) is 9.33. The van der Waals surface area contributed by atoms with Crippen molar-refractivity contribution in [1.29, 1.82) is 0 Å². The van der Waals surface area contributed by atoms with Crippen molar-refractivity contribution < 1.29 is 0 Å². The van der Waals surface area contributed by atoms with Crippen LogP contribution in [0.25, 0.3) is 0 Å². The molecule has 0 saturated heterocycles. The molecule has 0 amide bonds. The van der Waals surface area contributed by atoms with Crippen molar-refractivity contribution in [1.82, 2.24) is 0 Å². The summed E-state index contributed by atoms with van der Waals surface area (Å²) in [4.78, 5) is -1.82. The van der Waals surface area contributed by atoms with Crippen LogP contribution in [0.3, 0.4) is 0 Å². The highest BCUT2D eigenvalue weighted by Crippen LogP contribution is 2.76. The standard InChI is InChI=1S/C10H9Cl9/c11-1-9(7(16)17)2-3(12)5(14)10(9,8(18)19)6(15)4(2)13/h2-8H,1H2/t2?,3-,4+,5-,6-,9?,10?/m1/s1. The van der Waals surface area contributed by atoms with E-state index in [1.165, 1.54) is 0 Å². The van der Waals surface area contributed by atoms with E-state index in [1.807, 2.05) is 0 Å². The molecule has 2 bridgehead atoms. The first kappa shape index (κ1) is 18.0. The molecule has 2 fully saturated rings. The van der Waals surface area contributed by atoms with Crippen molar-refractivity contribution in [3.8, 4) is 0 Å². The van der Waals surface area contributed by atoms with Crippen LogP contribution in [0.15, 0.2) is 0 Å². The highest BCUT2D eigenvalue weighted by molar-refractivity contribution is 6.49. The lowest BCUT2D eigenvalue weighted by molar-refractivity contribution is 0.147. The van der Waals surface area contributed by atoms with E-state index >= 15 is 0 Å². The molecule has 2 aliphatic carbocycles. The molecule has 0 N–H and O–H groups in total. The van der Waals surface area contributed by atoms with Crippen molar-refractivity contribution in [2.75, 3.05) is 5.88 Å². The summed E-state index contributed by atoms with van der Waals surface area (Å²) in [6.45, 7) is 0. The van der Waals surface area contributed by atoms with Crippen molar-refractivity contribution in [3.05, 3.63) is 0 Å². The summed E-state index contributed by atoms with van der Waals surface area (Å²) in [7, 11) is 0. The molecule has 19 heavy (non-hydrogen) atoms. The van der Waals surface area contributed by atoms with E-state index in [9.17, 15) is 0 Å². The van der Waals surface area contributed by atoms with Gasteiger partial charge in [0.05, 0.1) is 21.5 Å². The summed E-state index contributed by atoms with van der Waals surface area (Å²) in [5.74, 6) is -0.289. The molecule has 112 valence electrons. The zero-order valence-corrected chi connectivity index (χ0v) is 16.0. The maximum absolute atomic E-state index is 6.46. The fourth-order valence-corrected chi connectivity index (χ4v) is 8.95. The molecule has 2 aliphatic rings. The summed E-state index contributed by atoms with van der Waals surface area (Å²) in [6.07, 6.45) is 0. The van der Waals surface area contributed by atoms with Gasteiger partial charge in [0, 0.05) is 22.6 Å². The lowest BCUT2D eigenvalue weighted by atomic mass is 9.69. The first-order chi connectivity index (χ1) is 8.71. The van der Waals surface area contributed by atoms with Crippen molar-refractivity contribution >= 4 is 104 Å². The minimum absolute atomic E-state index is 0.0736. The Kier molecular flexibility index (Phi) is 5.59. The SMILES string of the molecule is ClCC1(C(Cl)Cl)C2[C@@H](Cl)[C@@H](Cl)C1(C(Cl)Cl)[C@H](Cl)[C@H]2Cl. The molecule has 2 saturated carbocycles. The van der Waals surface area contributed by atoms with Gasteiger partial charge in [-0.3, -0.25) is 0 Å². The molecule has 0 nitrogen and oxygen atoms in total. The summed E-state index contributed by atoms with van der Waals surface area (Å²) in [5.41, 5.74) is -1.97. The Bertz CT molecular complexity index is 343. The van der Waals surface area contributed by atoms with E-state index in [-0.39, 0.29) is 11.8 Å². The van der Waals surface area contributed by atoms with Crippen LogP contribution in [-0.2, 0) is 0 Å². The zero-order chi connectivity index (χ0) is 14.7. The minimum Gasteiger partial charge on any atom is -0.126 e. The first-order valence-electron chi connectivity index (χ1n) is 5.39. The number of hydrogen-bond acceptors (Lipinski definition) is 0. The topological polar surface area (TPSA) is 0 Å². The molecule has 3 unspecified atom stereocenters. The van der Waals surface area contributed by atoms with Gasteiger partial charge in [-0.25, -0.2) is 0 Å². The van der Waals surface area contributed by atoms with E-state index in [0.717, 1.165) is 0 Å². The third-order valence-corrected chi connectivity index (χ3v) is 9.04. The Labute approximate surface area is 157 Å². The van der Waals surface area contributed by atoms with Crippen molar-refractivity contribution in [2.24, 2.45) is 16.7 Å². The fraction of sp³-hybridized carbons (Fsp3) is 1.00. The second kappa shape index (κ2) is 5.91. The normalized spacial score (nSPS) is 53.5. The maximum Gasteiger partial charge on any atom is 0.117 e. The van der Waals surface area contributed by atoms with Crippen LogP contribution in [0.5, 0.6) is 0 Å². The smallest absolute Gasteiger partial charge is 0.117 e. The highest BCUT2D eigenvalue weighted by atomic mass is 35.5. The van der Waals surface area contributed by atoms with E-state index in [2.05, 4.69) is 0 Å². The predicted octanol–water partition coefficient (Wildman–Crippen LogP) is 5.88. The van der Waals surface area contributed by atoms with Crippen LogP contribution in [-0.4, -0.2) is 37.1 Å². The van der Waals surface area contributed by atoms with Crippen molar-refractivity contribution in [3.63, 3.8) is 0 Å². The molecular weight excluding hydrogens is 439 g/mol. The van der Waals surface area contributed by atoms with Crippen molar-refractivity contribution in [2.45, 2.75) is 31.2 Å². The molecular formula is C10H9Cl9. The second-order valence-electron chi connectivity index (χ2n) is 4.93. The molecule has 2 rings (SSSR count). The van der Waals surface area contributed by atoms with E-state index in [4.69, 9.17) is 104 Å². The number of alkyl halides is 9. The van der Waals surface area contributed by atoms with E-state index < -0.39 is 42.0 Å². The lowest BCUT2D eigenvalue weighted by Crippen LogP contribution is -2.55. The number of rotatable bonds is 3. The zero-order valence-electron chi connectivity index (χ0n) is 9.15. The van der Waals surface area contributed by atoms with Gasteiger partial charge >= 0.3 is 0 Å². The van der Waals surface area contributed by atoms with Crippen LogP contribution >= 0.6 is 104 Å². The molecule has 9 heteroatoms. The summed E-state index contributed by atoms with van der Waals surface area (Å²) in [5, 5.41) is -2.23. The van der Waals surface area contributed by atoms with Crippen LogP contribution in [0.1, 0.15) is 0 Å². The van der Waals surface area contributed by atoms with Gasteiger partial charge in [0.15, 0.2) is 0 Å². The molecule has 0 aromatic heterocycles. The summed E-state index contributed by atoms with van der Waals surface area (Å²) < 4.78 is 0. The Hall–Kier alpha value is 2.61. The molecule has 0 spiro atoms. The predicted molar refractivity (Wildman–Crippen MR) is 88.6 cm³/mol. The summed E-state index contributed by atoms with van der Waals surface area (Å²) >= 11 is 56.7. The fourth-order valence-electron chi connectivity index (χ4n) is 3.63. The van der Waals surface area contributed by atoms with Gasteiger partial charge in [-0.15, -0.1) is 104 Å². The lowest BCUT2D eigenvalue weighted by Gasteiger charge is -2.47. The van der Waals surface area contributed by atoms with E-state index in [0.29, 0.717) is 0 Å². The largest absolute Gasteiger partial charge is 0.126 e. The minimum atomic E-state index is -1.04. The number of halogens is 9. The first-order valence-corrected chi connectivity index (χ1v) is 9.42. The van der Waals surface area contributed by atoms with Gasteiger partial charge in [-0.1, -0.05) is 0 Å².